The van der Waals surface area contributed by atoms with Crippen LogP contribution in [0.5, 0.6) is 5.75 Å². The third-order valence-corrected chi connectivity index (χ3v) is 4.75. The highest BCUT2D eigenvalue weighted by atomic mass is 19.4. The molecule has 0 saturated carbocycles. The predicted molar refractivity (Wildman–Crippen MR) is 101 cm³/mol. The summed E-state index contributed by atoms with van der Waals surface area (Å²) in [7, 11) is 0. The molecular weight excluding hydrogens is 428 g/mol. The van der Waals surface area contributed by atoms with Crippen LogP contribution in [0.3, 0.4) is 0 Å². The van der Waals surface area contributed by atoms with Crippen LogP contribution in [-0.2, 0) is 25.4 Å². The van der Waals surface area contributed by atoms with Crippen LogP contribution in [0.2, 0.25) is 0 Å². The summed E-state index contributed by atoms with van der Waals surface area (Å²) < 4.78 is 82.9. The van der Waals surface area contributed by atoms with Crippen molar-refractivity contribution in [2.24, 2.45) is 5.73 Å². The largest absolute Gasteiger partial charge is 0.489 e. The molecule has 0 aliphatic rings. The average molecular weight is 451 g/mol. The summed E-state index contributed by atoms with van der Waals surface area (Å²) in [6.07, 6.45) is -8.23. The third kappa shape index (κ3) is 7.41. The standard InChI is InChI=1S/C21H23F6NO3/c22-20(23,24)16-8-15(9-17(10-16)21(25,26)27)11-31-18-5-3-14(4-6-18)2-1-7-19(28,12-29)13-30/h3-6,8-10,29-30H,1-2,7,11-13,28H2. The molecule has 0 unspecified atom stereocenters. The first-order chi connectivity index (χ1) is 14.4. The van der Waals surface area contributed by atoms with Crippen LogP contribution in [0, 0.1) is 0 Å². The molecule has 4 N–H and O–H groups in total. The lowest BCUT2D eigenvalue weighted by molar-refractivity contribution is -0.143. The minimum Gasteiger partial charge on any atom is -0.489 e. The monoisotopic (exact) mass is 451 g/mol. The molecule has 10 heteroatoms. The average Bonchev–Trinajstić information content (AvgIpc) is 2.71. The number of alkyl halides is 6. The van der Waals surface area contributed by atoms with Gasteiger partial charge in [0.25, 0.3) is 0 Å². The zero-order valence-electron chi connectivity index (χ0n) is 16.4. The molecule has 0 atom stereocenters. The molecule has 0 bridgehead atoms. The summed E-state index contributed by atoms with van der Waals surface area (Å²) in [5.74, 6) is 0.286. The lowest BCUT2D eigenvalue weighted by Crippen LogP contribution is -2.47. The van der Waals surface area contributed by atoms with Gasteiger partial charge in [0.05, 0.1) is 29.9 Å². The first kappa shape index (κ1) is 25.0. The van der Waals surface area contributed by atoms with Crippen molar-refractivity contribution < 1.29 is 41.3 Å². The van der Waals surface area contributed by atoms with Gasteiger partial charge in [0.15, 0.2) is 0 Å². The van der Waals surface area contributed by atoms with Crippen LogP contribution in [0.15, 0.2) is 42.5 Å². The number of nitrogens with two attached hydrogens (primary N) is 1. The molecule has 4 nitrogen and oxygen atoms in total. The SMILES string of the molecule is NC(CO)(CO)CCCc1ccc(OCc2cc(C(F)(F)F)cc(C(F)(F)F)c2)cc1. The van der Waals surface area contributed by atoms with Gasteiger partial charge in [-0.25, -0.2) is 0 Å². The van der Waals surface area contributed by atoms with E-state index in [2.05, 4.69) is 0 Å². The van der Waals surface area contributed by atoms with Gasteiger partial charge in [-0.2, -0.15) is 26.3 Å². The number of aliphatic hydroxyl groups excluding tert-OH is 2. The van der Waals surface area contributed by atoms with Gasteiger partial charge in [0.2, 0.25) is 0 Å². The number of aryl methyl sites for hydroxylation is 1. The molecule has 0 saturated heterocycles. The maximum atomic E-state index is 12.9. The highest BCUT2D eigenvalue weighted by Gasteiger charge is 2.36. The number of hydrogen-bond donors (Lipinski definition) is 3. The van der Waals surface area contributed by atoms with Gasteiger partial charge in [-0.15, -0.1) is 0 Å². The second kappa shape index (κ2) is 9.88. The highest BCUT2D eigenvalue weighted by molar-refractivity contribution is 5.34. The molecule has 2 aromatic rings. The molecule has 2 rings (SSSR count). The number of hydrogen-bond acceptors (Lipinski definition) is 4. The van der Waals surface area contributed by atoms with Crippen molar-refractivity contribution in [3.8, 4) is 5.75 Å². The minimum atomic E-state index is -4.91. The van der Waals surface area contributed by atoms with Crippen molar-refractivity contribution in [3.63, 3.8) is 0 Å². The van der Waals surface area contributed by atoms with Crippen LogP contribution in [-0.4, -0.2) is 29.0 Å². The molecule has 0 aliphatic carbocycles. The van der Waals surface area contributed by atoms with E-state index in [9.17, 15) is 26.3 Å². The lowest BCUT2D eigenvalue weighted by atomic mass is 9.94. The summed E-state index contributed by atoms with van der Waals surface area (Å²) >= 11 is 0. The van der Waals surface area contributed by atoms with E-state index in [-0.39, 0.29) is 30.6 Å². The molecular formula is C21H23F6NO3. The van der Waals surface area contributed by atoms with Crippen LogP contribution >= 0.6 is 0 Å². The molecule has 0 heterocycles. The summed E-state index contributed by atoms with van der Waals surface area (Å²) in [6, 6.07) is 7.86. The second-order valence-electron chi connectivity index (χ2n) is 7.38. The molecule has 0 amide bonds. The normalized spacial score (nSPS) is 12.8. The zero-order chi connectivity index (χ0) is 23.3. The van der Waals surface area contributed by atoms with Crippen LogP contribution in [0.4, 0.5) is 26.3 Å². The van der Waals surface area contributed by atoms with Gasteiger partial charge in [-0.05, 0) is 60.7 Å². The van der Waals surface area contributed by atoms with E-state index >= 15 is 0 Å². The quantitative estimate of drug-likeness (QED) is 0.497. The molecule has 0 fully saturated rings. The Morgan fingerprint density at radius 2 is 1.29 bits per heavy atom. The highest BCUT2D eigenvalue weighted by Crippen LogP contribution is 2.36. The molecule has 0 spiro atoms. The van der Waals surface area contributed by atoms with Crippen molar-refractivity contribution >= 4 is 0 Å². The first-order valence-corrected chi connectivity index (χ1v) is 9.37. The smallest absolute Gasteiger partial charge is 0.416 e. The Bertz CT molecular complexity index is 813. The molecule has 0 radical (unpaired) electrons. The van der Waals surface area contributed by atoms with Crippen LogP contribution < -0.4 is 10.5 Å². The summed E-state index contributed by atoms with van der Waals surface area (Å²) in [4.78, 5) is 0. The molecule has 31 heavy (non-hydrogen) atoms. The van der Waals surface area contributed by atoms with E-state index in [1.54, 1.807) is 24.3 Å². The Balaban J connectivity index is 2.02. The first-order valence-electron chi connectivity index (χ1n) is 9.37. The maximum Gasteiger partial charge on any atom is 0.416 e. The van der Waals surface area contributed by atoms with Crippen molar-refractivity contribution in [1.82, 2.24) is 0 Å². The Kier molecular flexibility index (Phi) is 7.96. The van der Waals surface area contributed by atoms with E-state index in [1.165, 1.54) is 0 Å². The summed E-state index contributed by atoms with van der Waals surface area (Å²) in [6.45, 7) is -1.15. The molecule has 2 aromatic carbocycles. The summed E-state index contributed by atoms with van der Waals surface area (Å²) in [5, 5.41) is 18.3. The van der Waals surface area contributed by atoms with E-state index in [0.29, 0.717) is 31.4 Å². The predicted octanol–water partition coefficient (Wildman–Crippen LogP) is 4.31. The third-order valence-electron chi connectivity index (χ3n) is 4.75. The maximum absolute atomic E-state index is 12.9. The number of aliphatic hydroxyl groups is 2. The number of rotatable bonds is 9. The number of halogens is 6. The molecule has 0 aromatic heterocycles. The van der Waals surface area contributed by atoms with E-state index in [1.807, 2.05) is 0 Å². The van der Waals surface area contributed by atoms with E-state index < -0.39 is 35.6 Å². The molecule has 172 valence electrons. The van der Waals surface area contributed by atoms with Gasteiger partial charge in [0.1, 0.15) is 12.4 Å². The summed E-state index contributed by atoms with van der Waals surface area (Å²) in [5.41, 5.74) is 2.60. The van der Waals surface area contributed by atoms with Crippen molar-refractivity contribution in [3.05, 3.63) is 64.7 Å². The van der Waals surface area contributed by atoms with E-state index in [4.69, 9.17) is 20.7 Å². The number of benzene rings is 2. The minimum absolute atomic E-state index is 0.0713. The van der Waals surface area contributed by atoms with Crippen LogP contribution in [0.1, 0.15) is 35.1 Å². The van der Waals surface area contributed by atoms with Crippen molar-refractivity contribution in [2.45, 2.75) is 43.8 Å². The topological polar surface area (TPSA) is 75.7 Å². The fourth-order valence-electron chi connectivity index (χ4n) is 2.87. The van der Waals surface area contributed by atoms with Crippen molar-refractivity contribution in [1.29, 1.82) is 0 Å². The van der Waals surface area contributed by atoms with Crippen LogP contribution in [0.25, 0.3) is 0 Å². The van der Waals surface area contributed by atoms with Gasteiger partial charge >= 0.3 is 12.4 Å². The zero-order valence-corrected chi connectivity index (χ0v) is 16.4. The number of ether oxygens (including phenoxy) is 1. The van der Waals surface area contributed by atoms with Gasteiger partial charge in [0, 0.05) is 0 Å². The van der Waals surface area contributed by atoms with Gasteiger partial charge in [-0.1, -0.05) is 12.1 Å². The fraction of sp³-hybridized carbons (Fsp3) is 0.429. The van der Waals surface area contributed by atoms with Gasteiger partial charge in [-0.3, -0.25) is 0 Å². The molecule has 0 aliphatic heterocycles. The van der Waals surface area contributed by atoms with Gasteiger partial charge < -0.3 is 20.7 Å². The Labute approximate surface area is 175 Å². The fourth-order valence-corrected chi connectivity index (χ4v) is 2.87. The lowest BCUT2D eigenvalue weighted by Gasteiger charge is -2.24. The second-order valence-corrected chi connectivity index (χ2v) is 7.38. The Morgan fingerprint density at radius 3 is 1.74 bits per heavy atom. The van der Waals surface area contributed by atoms with E-state index in [0.717, 1.165) is 5.56 Å². The Hall–Kier alpha value is -2.30. The Morgan fingerprint density at radius 1 is 0.774 bits per heavy atom. The van der Waals surface area contributed by atoms with Crippen molar-refractivity contribution in [2.75, 3.05) is 13.2 Å².